The molecule has 2 heterocycles. The molecule has 0 radical (unpaired) electrons. The summed E-state index contributed by atoms with van der Waals surface area (Å²) >= 11 is 1.62. The van der Waals surface area contributed by atoms with Gasteiger partial charge in [-0.1, -0.05) is 78.4 Å². The van der Waals surface area contributed by atoms with Crippen molar-refractivity contribution in [3.63, 3.8) is 0 Å². The van der Waals surface area contributed by atoms with E-state index in [0.717, 1.165) is 38.2 Å². The number of hydrogen-bond donors (Lipinski definition) is 1. The second-order valence-corrected chi connectivity index (χ2v) is 8.73. The van der Waals surface area contributed by atoms with Crippen molar-refractivity contribution in [2.45, 2.75) is 13.0 Å². The SMILES string of the molecule is Cc1ccc2nc(-c3cccs3)cc(C(=O)NC(c3ccccc3)c3ccccc3)c2c1. The van der Waals surface area contributed by atoms with Crippen LogP contribution in [0.25, 0.3) is 21.5 Å². The fourth-order valence-electron chi connectivity index (χ4n) is 3.94. The van der Waals surface area contributed by atoms with Crippen LogP contribution in [0.1, 0.15) is 33.1 Å². The summed E-state index contributed by atoms with van der Waals surface area (Å²) in [6.07, 6.45) is 0. The number of pyridine rings is 1. The first-order valence-electron chi connectivity index (χ1n) is 10.5. The molecule has 0 aliphatic rings. The number of rotatable bonds is 5. The molecule has 0 atom stereocenters. The Kier molecular flexibility index (Phi) is 5.53. The third-order valence-corrected chi connectivity index (χ3v) is 6.42. The normalized spacial score (nSPS) is 11.1. The zero-order valence-electron chi connectivity index (χ0n) is 17.7. The van der Waals surface area contributed by atoms with E-state index >= 15 is 0 Å². The lowest BCUT2D eigenvalue weighted by atomic mass is 9.97. The van der Waals surface area contributed by atoms with Gasteiger partial charge >= 0.3 is 0 Å². The van der Waals surface area contributed by atoms with Crippen LogP contribution in [0.5, 0.6) is 0 Å². The van der Waals surface area contributed by atoms with Crippen LogP contribution < -0.4 is 5.32 Å². The van der Waals surface area contributed by atoms with Gasteiger partial charge in [0.15, 0.2) is 0 Å². The van der Waals surface area contributed by atoms with Crippen LogP contribution in [0, 0.1) is 6.92 Å². The Morgan fingerprint density at radius 1 is 0.844 bits per heavy atom. The molecule has 3 nitrogen and oxygen atoms in total. The van der Waals surface area contributed by atoms with E-state index in [1.807, 2.05) is 109 Å². The second-order valence-electron chi connectivity index (χ2n) is 7.78. The number of fused-ring (bicyclic) bond motifs is 1. The number of nitrogens with zero attached hydrogens (tertiary/aromatic N) is 1. The molecule has 1 N–H and O–H groups in total. The molecule has 0 unspecified atom stereocenters. The quantitative estimate of drug-likeness (QED) is 0.331. The summed E-state index contributed by atoms with van der Waals surface area (Å²) in [6, 6.07) is 31.9. The molecule has 2 aromatic heterocycles. The Hall–Kier alpha value is -3.76. The smallest absolute Gasteiger partial charge is 0.252 e. The summed E-state index contributed by atoms with van der Waals surface area (Å²) < 4.78 is 0. The van der Waals surface area contributed by atoms with Gasteiger partial charge in [-0.2, -0.15) is 0 Å². The maximum absolute atomic E-state index is 13.7. The van der Waals surface area contributed by atoms with E-state index in [0.29, 0.717) is 5.56 Å². The monoisotopic (exact) mass is 434 g/mol. The number of carbonyl (C=O) groups is 1. The number of benzene rings is 3. The molecule has 5 aromatic rings. The summed E-state index contributed by atoms with van der Waals surface area (Å²) in [4.78, 5) is 19.6. The number of hydrogen-bond acceptors (Lipinski definition) is 3. The molecule has 0 bridgehead atoms. The fraction of sp³-hybridized carbons (Fsp3) is 0.0714. The molecule has 0 saturated carbocycles. The first kappa shape index (κ1) is 20.2. The van der Waals surface area contributed by atoms with Gasteiger partial charge in [-0.3, -0.25) is 4.79 Å². The van der Waals surface area contributed by atoms with Gasteiger partial charge in [0.2, 0.25) is 0 Å². The van der Waals surface area contributed by atoms with Crippen molar-refractivity contribution < 1.29 is 4.79 Å². The zero-order valence-corrected chi connectivity index (χ0v) is 18.5. The molecule has 1 amide bonds. The second kappa shape index (κ2) is 8.77. The topological polar surface area (TPSA) is 42.0 Å². The first-order chi connectivity index (χ1) is 15.7. The van der Waals surface area contributed by atoms with E-state index in [4.69, 9.17) is 4.98 Å². The van der Waals surface area contributed by atoms with Crippen molar-refractivity contribution in [3.05, 3.63) is 125 Å². The number of aryl methyl sites for hydroxylation is 1. The highest BCUT2D eigenvalue weighted by Crippen LogP contribution is 2.29. The van der Waals surface area contributed by atoms with E-state index in [1.165, 1.54) is 0 Å². The van der Waals surface area contributed by atoms with E-state index in [-0.39, 0.29) is 11.9 Å². The molecule has 156 valence electrons. The number of carbonyl (C=O) groups excluding carboxylic acids is 1. The minimum atomic E-state index is -0.247. The maximum atomic E-state index is 13.7. The Balaban J connectivity index is 1.61. The van der Waals surface area contributed by atoms with Gasteiger partial charge in [-0.05, 0) is 47.7 Å². The van der Waals surface area contributed by atoms with Gasteiger partial charge in [0.05, 0.1) is 27.7 Å². The molecular weight excluding hydrogens is 412 g/mol. The largest absolute Gasteiger partial charge is 0.341 e. The van der Waals surface area contributed by atoms with E-state index in [9.17, 15) is 4.79 Å². The molecule has 0 aliphatic carbocycles. The summed E-state index contributed by atoms with van der Waals surface area (Å²) in [7, 11) is 0. The van der Waals surface area contributed by atoms with Crippen LogP contribution in [0.2, 0.25) is 0 Å². The number of aromatic nitrogens is 1. The highest BCUT2D eigenvalue weighted by Gasteiger charge is 2.20. The molecule has 3 aromatic carbocycles. The van der Waals surface area contributed by atoms with Crippen LogP contribution in [0.15, 0.2) is 102 Å². The van der Waals surface area contributed by atoms with Crippen molar-refractivity contribution in [2.75, 3.05) is 0 Å². The first-order valence-corrected chi connectivity index (χ1v) is 11.4. The zero-order chi connectivity index (χ0) is 21.9. The maximum Gasteiger partial charge on any atom is 0.252 e. The van der Waals surface area contributed by atoms with E-state index in [2.05, 4.69) is 5.32 Å². The standard InChI is InChI=1S/C28H22N2OS/c1-19-14-15-24-22(17-19)23(18-25(29-24)26-13-8-16-32-26)28(31)30-27(20-9-4-2-5-10-20)21-11-6-3-7-12-21/h2-18,27H,1H3,(H,30,31). The average molecular weight is 435 g/mol. The van der Waals surface area contributed by atoms with Crippen LogP contribution in [0.3, 0.4) is 0 Å². The van der Waals surface area contributed by atoms with E-state index < -0.39 is 0 Å². The summed E-state index contributed by atoms with van der Waals surface area (Å²) in [5.74, 6) is -0.112. The van der Waals surface area contributed by atoms with Gasteiger partial charge in [0.25, 0.3) is 5.91 Å². The Bertz CT molecular complexity index is 1320. The van der Waals surface area contributed by atoms with Gasteiger partial charge in [0.1, 0.15) is 0 Å². The molecule has 5 rings (SSSR count). The molecular formula is C28H22N2OS. The van der Waals surface area contributed by atoms with Crippen molar-refractivity contribution >= 4 is 28.1 Å². The predicted molar refractivity (Wildman–Crippen MR) is 132 cm³/mol. The summed E-state index contributed by atoms with van der Waals surface area (Å²) in [5.41, 5.74) is 5.46. The summed E-state index contributed by atoms with van der Waals surface area (Å²) in [5, 5.41) is 6.18. The van der Waals surface area contributed by atoms with Gasteiger partial charge in [0, 0.05) is 5.39 Å². The molecule has 0 fully saturated rings. The molecule has 32 heavy (non-hydrogen) atoms. The highest BCUT2D eigenvalue weighted by atomic mass is 32.1. The number of amides is 1. The Labute approximate surface area is 191 Å². The van der Waals surface area contributed by atoms with Crippen LogP contribution in [-0.4, -0.2) is 10.9 Å². The molecule has 4 heteroatoms. The van der Waals surface area contributed by atoms with Crippen LogP contribution in [-0.2, 0) is 0 Å². The third-order valence-electron chi connectivity index (χ3n) is 5.52. The fourth-order valence-corrected chi connectivity index (χ4v) is 4.62. The van der Waals surface area contributed by atoms with Gasteiger partial charge < -0.3 is 5.32 Å². The number of nitrogens with one attached hydrogen (secondary N) is 1. The Morgan fingerprint density at radius 3 is 2.16 bits per heavy atom. The third kappa shape index (κ3) is 4.05. The van der Waals surface area contributed by atoms with Crippen molar-refractivity contribution in [2.24, 2.45) is 0 Å². The minimum absolute atomic E-state index is 0.112. The number of thiophene rings is 1. The minimum Gasteiger partial charge on any atom is -0.341 e. The molecule has 0 saturated heterocycles. The van der Waals surface area contributed by atoms with Crippen LogP contribution >= 0.6 is 11.3 Å². The lowest BCUT2D eigenvalue weighted by molar-refractivity contribution is 0.0944. The highest BCUT2D eigenvalue weighted by molar-refractivity contribution is 7.13. The predicted octanol–water partition coefficient (Wildman–Crippen LogP) is 6.79. The van der Waals surface area contributed by atoms with Crippen molar-refractivity contribution in [1.82, 2.24) is 10.3 Å². The lowest BCUT2D eigenvalue weighted by Crippen LogP contribution is -2.29. The van der Waals surface area contributed by atoms with Gasteiger partial charge in [-0.15, -0.1) is 11.3 Å². The van der Waals surface area contributed by atoms with Gasteiger partial charge in [-0.25, -0.2) is 4.98 Å². The molecule has 0 spiro atoms. The Morgan fingerprint density at radius 2 is 1.53 bits per heavy atom. The lowest BCUT2D eigenvalue weighted by Gasteiger charge is -2.21. The average Bonchev–Trinajstić information content (AvgIpc) is 3.38. The van der Waals surface area contributed by atoms with Crippen molar-refractivity contribution in [1.29, 1.82) is 0 Å². The van der Waals surface area contributed by atoms with Crippen LogP contribution in [0.4, 0.5) is 0 Å². The summed E-state index contributed by atoms with van der Waals surface area (Å²) in [6.45, 7) is 2.03. The van der Waals surface area contributed by atoms with Crippen molar-refractivity contribution in [3.8, 4) is 10.6 Å². The van der Waals surface area contributed by atoms with E-state index in [1.54, 1.807) is 11.3 Å². The molecule has 0 aliphatic heterocycles.